The number of amides is 1. The first-order chi connectivity index (χ1) is 21.4. The first kappa shape index (κ1) is 28.9. The molecule has 0 spiro atoms. The standard InChI is InChI=1S/C34H33FN6O3/c1-21-17-24(19-41(18-21)34(42)43-20-23-7-4-3-5-8-23)39-33-38-16-14-29(40-33)27-9-6-15-37-32(27)44-31-22(2)10-11-25-26(31)12-13-28(35)30(25)36/h3-16,21,24H,17-20,36H2,1-2H3,(H,38,39,40)/t21-,24?/m1/s1. The van der Waals surface area contributed by atoms with Crippen LogP contribution >= 0.6 is 0 Å². The molecule has 6 rings (SSSR count). The molecule has 1 aliphatic rings. The molecule has 9 nitrogen and oxygen atoms in total. The summed E-state index contributed by atoms with van der Waals surface area (Å²) in [5.74, 6) is 1.09. The van der Waals surface area contributed by atoms with Gasteiger partial charge in [0.25, 0.3) is 0 Å². The number of nitrogens with zero attached hydrogens (tertiary/aromatic N) is 4. The number of halogens is 1. The van der Waals surface area contributed by atoms with Crippen LogP contribution in [0, 0.1) is 18.7 Å². The van der Waals surface area contributed by atoms with E-state index < -0.39 is 5.82 Å². The molecule has 3 aromatic carbocycles. The summed E-state index contributed by atoms with van der Waals surface area (Å²) in [6.07, 6.45) is 3.82. The van der Waals surface area contributed by atoms with Crippen molar-refractivity contribution >= 4 is 28.5 Å². The maximum atomic E-state index is 14.2. The van der Waals surface area contributed by atoms with Crippen LogP contribution in [-0.4, -0.2) is 45.1 Å². The zero-order valence-electron chi connectivity index (χ0n) is 24.5. The van der Waals surface area contributed by atoms with Crippen molar-refractivity contribution in [2.45, 2.75) is 32.9 Å². The third-order valence-electron chi connectivity index (χ3n) is 7.69. The van der Waals surface area contributed by atoms with Crippen LogP contribution < -0.4 is 15.8 Å². The van der Waals surface area contributed by atoms with Crippen LogP contribution in [-0.2, 0) is 11.3 Å². The van der Waals surface area contributed by atoms with E-state index in [0.29, 0.717) is 52.7 Å². The summed E-state index contributed by atoms with van der Waals surface area (Å²) < 4.78 is 26.1. The lowest BCUT2D eigenvalue weighted by Crippen LogP contribution is -2.48. The Kier molecular flexibility index (Phi) is 8.23. The normalized spacial score (nSPS) is 16.5. The van der Waals surface area contributed by atoms with E-state index >= 15 is 0 Å². The van der Waals surface area contributed by atoms with Gasteiger partial charge in [0, 0.05) is 42.3 Å². The molecule has 1 saturated heterocycles. The van der Waals surface area contributed by atoms with Crippen LogP contribution in [0.2, 0.25) is 0 Å². The molecule has 0 radical (unpaired) electrons. The molecule has 0 saturated carbocycles. The number of hydrogen-bond acceptors (Lipinski definition) is 8. The number of ether oxygens (including phenoxy) is 2. The lowest BCUT2D eigenvalue weighted by atomic mass is 9.96. The first-order valence-corrected chi connectivity index (χ1v) is 14.5. The van der Waals surface area contributed by atoms with Crippen LogP contribution in [0.3, 0.4) is 0 Å². The van der Waals surface area contributed by atoms with Gasteiger partial charge in [0.1, 0.15) is 18.2 Å². The number of hydrogen-bond donors (Lipinski definition) is 2. The minimum absolute atomic E-state index is 0.0629. The SMILES string of the molecule is Cc1ccc2c(N)c(F)ccc2c1Oc1ncccc1-c1ccnc(NC2C[C@@H](C)CN(C(=O)OCc3ccccc3)C2)n1. The Morgan fingerprint density at radius 2 is 1.82 bits per heavy atom. The number of pyridine rings is 1. The fourth-order valence-electron chi connectivity index (χ4n) is 5.56. The largest absolute Gasteiger partial charge is 0.445 e. The van der Waals surface area contributed by atoms with Gasteiger partial charge in [-0.3, -0.25) is 0 Å². The van der Waals surface area contributed by atoms with Crippen LogP contribution in [0.25, 0.3) is 22.0 Å². The van der Waals surface area contributed by atoms with Crippen LogP contribution in [0.5, 0.6) is 11.6 Å². The van der Waals surface area contributed by atoms with Crippen molar-refractivity contribution in [2.75, 3.05) is 24.1 Å². The van der Waals surface area contributed by atoms with Crippen LogP contribution in [0.1, 0.15) is 24.5 Å². The highest BCUT2D eigenvalue weighted by atomic mass is 19.1. The Balaban J connectivity index is 1.20. The fourth-order valence-corrected chi connectivity index (χ4v) is 5.56. The smallest absolute Gasteiger partial charge is 0.410 e. The van der Waals surface area contributed by atoms with E-state index in [4.69, 9.17) is 20.2 Å². The molecule has 5 aromatic rings. The molecule has 0 aliphatic carbocycles. The third-order valence-corrected chi connectivity index (χ3v) is 7.69. The quantitative estimate of drug-likeness (QED) is 0.195. The van der Waals surface area contributed by atoms with Gasteiger partial charge in [-0.2, -0.15) is 0 Å². The molecule has 44 heavy (non-hydrogen) atoms. The maximum absolute atomic E-state index is 14.2. The molecule has 3 N–H and O–H groups in total. The lowest BCUT2D eigenvalue weighted by molar-refractivity contribution is 0.0783. The van der Waals surface area contributed by atoms with E-state index in [9.17, 15) is 9.18 Å². The molecule has 1 aliphatic heterocycles. The second-order valence-electron chi connectivity index (χ2n) is 11.1. The number of carbonyl (C=O) groups excluding carboxylic acids is 1. The van der Waals surface area contributed by atoms with Crippen molar-refractivity contribution in [2.24, 2.45) is 5.92 Å². The molecular weight excluding hydrogens is 559 g/mol. The highest BCUT2D eigenvalue weighted by Gasteiger charge is 2.29. The number of likely N-dealkylation sites (tertiary alicyclic amines) is 1. The molecule has 1 amide bonds. The van der Waals surface area contributed by atoms with Gasteiger partial charge in [0.05, 0.1) is 16.9 Å². The maximum Gasteiger partial charge on any atom is 0.410 e. The zero-order chi connectivity index (χ0) is 30.6. The van der Waals surface area contributed by atoms with Crippen molar-refractivity contribution in [3.8, 4) is 22.9 Å². The van der Waals surface area contributed by atoms with Crippen LogP contribution in [0.15, 0.2) is 85.2 Å². The Bertz CT molecular complexity index is 1800. The van der Waals surface area contributed by atoms with E-state index in [2.05, 4.69) is 22.2 Å². The summed E-state index contributed by atoms with van der Waals surface area (Å²) in [7, 11) is 0. The predicted molar refractivity (Wildman–Crippen MR) is 168 cm³/mol. The van der Waals surface area contributed by atoms with Gasteiger partial charge in [-0.25, -0.2) is 24.1 Å². The van der Waals surface area contributed by atoms with Crippen molar-refractivity contribution in [1.82, 2.24) is 19.9 Å². The number of piperidine rings is 1. The van der Waals surface area contributed by atoms with E-state index in [1.165, 1.54) is 6.07 Å². The van der Waals surface area contributed by atoms with E-state index in [-0.39, 0.29) is 30.3 Å². The molecule has 10 heteroatoms. The number of nitrogens with one attached hydrogen (secondary N) is 1. The van der Waals surface area contributed by atoms with Crippen LogP contribution in [0.4, 0.5) is 20.8 Å². The van der Waals surface area contributed by atoms with E-state index in [1.54, 1.807) is 35.5 Å². The topological polar surface area (TPSA) is 115 Å². The number of nitrogens with two attached hydrogens (primary N) is 1. The Morgan fingerprint density at radius 1 is 1.00 bits per heavy atom. The summed E-state index contributed by atoms with van der Waals surface area (Å²) in [4.78, 5) is 28.3. The fraction of sp³-hybridized carbons (Fsp3) is 0.235. The van der Waals surface area contributed by atoms with Gasteiger partial charge in [0.15, 0.2) is 0 Å². The second-order valence-corrected chi connectivity index (χ2v) is 11.1. The van der Waals surface area contributed by atoms with Gasteiger partial charge < -0.3 is 25.4 Å². The van der Waals surface area contributed by atoms with Gasteiger partial charge >= 0.3 is 6.09 Å². The molecule has 3 heterocycles. The average molecular weight is 593 g/mol. The first-order valence-electron chi connectivity index (χ1n) is 14.5. The van der Waals surface area contributed by atoms with Gasteiger partial charge in [-0.05, 0) is 60.7 Å². The molecular formula is C34H33FN6O3. The van der Waals surface area contributed by atoms with Crippen molar-refractivity contribution in [3.63, 3.8) is 0 Å². The number of benzene rings is 3. The van der Waals surface area contributed by atoms with E-state index in [1.807, 2.05) is 55.5 Å². The number of anilines is 2. The Hall–Kier alpha value is -5.25. The summed E-state index contributed by atoms with van der Waals surface area (Å²) in [6, 6.07) is 21.7. The van der Waals surface area contributed by atoms with Crippen molar-refractivity contribution in [1.29, 1.82) is 0 Å². The highest BCUT2D eigenvalue weighted by molar-refractivity contribution is 5.98. The average Bonchev–Trinajstić information content (AvgIpc) is 3.03. The minimum atomic E-state index is -0.480. The minimum Gasteiger partial charge on any atom is -0.445 e. The van der Waals surface area contributed by atoms with Crippen molar-refractivity contribution in [3.05, 3.63) is 102 Å². The number of carbonyl (C=O) groups is 1. The Labute approximate surface area is 254 Å². The van der Waals surface area contributed by atoms with Gasteiger partial charge in [-0.1, -0.05) is 49.4 Å². The highest BCUT2D eigenvalue weighted by Crippen LogP contribution is 2.38. The van der Waals surface area contributed by atoms with Gasteiger partial charge in [-0.15, -0.1) is 0 Å². The third kappa shape index (κ3) is 6.24. The lowest BCUT2D eigenvalue weighted by Gasteiger charge is -2.36. The zero-order valence-corrected chi connectivity index (χ0v) is 24.5. The summed E-state index contributed by atoms with van der Waals surface area (Å²) >= 11 is 0. The molecule has 0 bridgehead atoms. The number of fused-ring (bicyclic) bond motifs is 1. The summed E-state index contributed by atoms with van der Waals surface area (Å²) in [5, 5.41) is 4.66. The number of rotatable bonds is 7. The molecule has 2 aromatic heterocycles. The van der Waals surface area contributed by atoms with E-state index in [0.717, 1.165) is 17.5 Å². The number of nitrogen functional groups attached to an aromatic ring is 1. The Morgan fingerprint density at radius 3 is 2.66 bits per heavy atom. The number of aromatic nitrogens is 3. The molecule has 2 atom stereocenters. The summed E-state index contributed by atoms with van der Waals surface area (Å²) in [6.45, 7) is 5.34. The van der Waals surface area contributed by atoms with Crippen molar-refractivity contribution < 1.29 is 18.7 Å². The second kappa shape index (κ2) is 12.5. The summed E-state index contributed by atoms with van der Waals surface area (Å²) in [5.41, 5.74) is 9.15. The molecule has 1 fully saturated rings. The molecule has 224 valence electrons. The molecule has 1 unspecified atom stereocenters. The predicted octanol–water partition coefficient (Wildman–Crippen LogP) is 6.97. The number of aryl methyl sites for hydroxylation is 1. The van der Waals surface area contributed by atoms with Gasteiger partial charge in [0.2, 0.25) is 11.8 Å². The monoisotopic (exact) mass is 592 g/mol.